The summed E-state index contributed by atoms with van der Waals surface area (Å²) in [7, 11) is 4.58. The number of hydrogen-bond acceptors (Lipinski definition) is 6. The molecule has 3 N–H and O–H groups in total. The molecule has 2 saturated heterocycles. The van der Waals surface area contributed by atoms with Gasteiger partial charge in [-0.1, -0.05) is 23.7 Å². The summed E-state index contributed by atoms with van der Waals surface area (Å²) in [6, 6.07) is 11.6. The van der Waals surface area contributed by atoms with Gasteiger partial charge in [-0.25, -0.2) is 4.79 Å². The number of halogens is 1. The number of anilines is 1. The Morgan fingerprint density at radius 2 is 1.65 bits per heavy atom. The van der Waals surface area contributed by atoms with Crippen molar-refractivity contribution >= 4 is 23.3 Å². The lowest BCUT2D eigenvalue weighted by molar-refractivity contribution is 0.0620. The highest BCUT2D eigenvalue weighted by Crippen LogP contribution is 2.41. The number of carbonyl (C=O) groups is 1. The van der Waals surface area contributed by atoms with Crippen LogP contribution in [0.25, 0.3) is 0 Å². The van der Waals surface area contributed by atoms with Gasteiger partial charge in [-0.3, -0.25) is 4.90 Å². The summed E-state index contributed by atoms with van der Waals surface area (Å²) in [5.74, 6) is 1.98. The number of fused-ring (bicyclic) bond motifs is 2. The van der Waals surface area contributed by atoms with Gasteiger partial charge in [-0.2, -0.15) is 0 Å². The summed E-state index contributed by atoms with van der Waals surface area (Å²) in [6.45, 7) is 2.34. The second-order valence-corrected chi connectivity index (χ2v) is 10.5. The molecule has 2 heterocycles. The summed E-state index contributed by atoms with van der Waals surface area (Å²) in [6.07, 6.45) is 4.94. The van der Waals surface area contributed by atoms with E-state index in [9.17, 15) is 9.90 Å². The van der Waals surface area contributed by atoms with Crippen LogP contribution in [0.2, 0.25) is 5.02 Å². The van der Waals surface area contributed by atoms with E-state index in [1.807, 2.05) is 12.1 Å². The number of rotatable bonds is 10. The average Bonchev–Trinajstić information content (AvgIpc) is 3.11. The van der Waals surface area contributed by atoms with Crippen LogP contribution < -0.4 is 24.8 Å². The molecule has 202 valence electrons. The predicted octanol–water partition coefficient (Wildman–Crippen LogP) is 4.72. The van der Waals surface area contributed by atoms with E-state index in [0.717, 1.165) is 37.1 Å². The highest BCUT2D eigenvalue weighted by molar-refractivity contribution is 6.30. The summed E-state index contributed by atoms with van der Waals surface area (Å²) in [4.78, 5) is 15.4. The first-order chi connectivity index (χ1) is 17.8. The lowest BCUT2D eigenvalue weighted by Crippen LogP contribution is -2.54. The third-order valence-corrected chi connectivity index (χ3v) is 7.90. The highest BCUT2D eigenvalue weighted by Gasteiger charge is 2.41. The van der Waals surface area contributed by atoms with E-state index in [2.05, 4.69) is 27.7 Å². The first-order valence-electron chi connectivity index (χ1n) is 12.9. The van der Waals surface area contributed by atoms with E-state index in [-0.39, 0.29) is 0 Å². The molecule has 8 nitrogen and oxygen atoms in total. The first-order valence-corrected chi connectivity index (χ1v) is 13.2. The SMILES string of the molecule is COc1cc(NC(=O)NC(CN2C3CCC2CC(Cc2ccc(Cl)cc2)C3)C(C)O)cc(OC)c1OC. The number of urea groups is 1. The number of ether oxygens (including phenoxy) is 3. The zero-order chi connectivity index (χ0) is 26.5. The van der Waals surface area contributed by atoms with E-state index < -0.39 is 18.2 Å². The molecule has 0 spiro atoms. The van der Waals surface area contributed by atoms with Crippen molar-refractivity contribution in [1.82, 2.24) is 10.2 Å². The molecule has 2 aliphatic heterocycles. The molecule has 2 aromatic rings. The van der Waals surface area contributed by atoms with Gasteiger partial charge in [0.15, 0.2) is 11.5 Å². The maximum absolute atomic E-state index is 12.9. The minimum absolute atomic E-state index is 0.398. The van der Waals surface area contributed by atoms with Crippen LogP contribution in [0, 0.1) is 5.92 Å². The molecular weight excluding hydrogens is 494 g/mol. The molecule has 4 atom stereocenters. The summed E-state index contributed by atoms with van der Waals surface area (Å²) in [5, 5.41) is 17.1. The highest BCUT2D eigenvalue weighted by atomic mass is 35.5. The maximum atomic E-state index is 12.9. The number of aliphatic hydroxyl groups is 1. The van der Waals surface area contributed by atoms with Crippen LogP contribution in [-0.2, 0) is 6.42 Å². The molecule has 0 aliphatic carbocycles. The van der Waals surface area contributed by atoms with Crippen LogP contribution in [0.1, 0.15) is 38.2 Å². The zero-order valence-corrected chi connectivity index (χ0v) is 22.8. The fourth-order valence-corrected chi connectivity index (χ4v) is 5.97. The fourth-order valence-electron chi connectivity index (χ4n) is 5.84. The fraction of sp³-hybridized carbons (Fsp3) is 0.536. The predicted molar refractivity (Wildman–Crippen MR) is 145 cm³/mol. The van der Waals surface area contributed by atoms with Crippen molar-refractivity contribution < 1.29 is 24.1 Å². The van der Waals surface area contributed by atoms with Gasteiger partial charge in [0.2, 0.25) is 5.75 Å². The number of carbonyl (C=O) groups excluding carboxylic acids is 1. The monoisotopic (exact) mass is 531 g/mol. The molecular formula is C28H38ClN3O5. The largest absolute Gasteiger partial charge is 0.493 e. The van der Waals surface area contributed by atoms with Crippen molar-refractivity contribution in [3.8, 4) is 17.2 Å². The van der Waals surface area contributed by atoms with Gasteiger partial charge < -0.3 is 30.0 Å². The molecule has 0 aromatic heterocycles. The molecule has 0 radical (unpaired) electrons. The number of nitrogens with zero attached hydrogens (tertiary/aromatic N) is 1. The van der Waals surface area contributed by atoms with Crippen LogP contribution in [0.3, 0.4) is 0 Å². The van der Waals surface area contributed by atoms with E-state index in [1.165, 1.54) is 26.9 Å². The molecule has 2 fully saturated rings. The third-order valence-electron chi connectivity index (χ3n) is 7.65. The number of benzene rings is 2. The Balaban J connectivity index is 1.37. The molecule has 4 rings (SSSR count). The van der Waals surface area contributed by atoms with E-state index in [1.54, 1.807) is 19.1 Å². The van der Waals surface area contributed by atoms with Gasteiger partial charge >= 0.3 is 6.03 Å². The van der Waals surface area contributed by atoms with Crippen molar-refractivity contribution in [1.29, 1.82) is 0 Å². The Bertz CT molecular complexity index is 1030. The second kappa shape index (κ2) is 12.2. The van der Waals surface area contributed by atoms with E-state index in [0.29, 0.717) is 47.5 Å². The van der Waals surface area contributed by atoms with Crippen LogP contribution in [-0.4, -0.2) is 68.1 Å². The quantitative estimate of drug-likeness (QED) is 0.411. The molecule has 4 unspecified atom stereocenters. The van der Waals surface area contributed by atoms with Crippen LogP contribution in [0.4, 0.5) is 10.5 Å². The summed E-state index contributed by atoms with van der Waals surface area (Å²) >= 11 is 6.05. The molecule has 2 aliphatic rings. The third kappa shape index (κ3) is 6.61. The van der Waals surface area contributed by atoms with Crippen LogP contribution in [0.5, 0.6) is 17.2 Å². The van der Waals surface area contributed by atoms with E-state index in [4.69, 9.17) is 25.8 Å². The Morgan fingerprint density at radius 1 is 1.05 bits per heavy atom. The summed E-state index contributed by atoms with van der Waals surface area (Å²) in [5.41, 5.74) is 1.83. The van der Waals surface area contributed by atoms with Gasteiger partial charge in [0.1, 0.15) is 0 Å². The van der Waals surface area contributed by atoms with Gasteiger partial charge in [0, 0.05) is 35.8 Å². The molecule has 37 heavy (non-hydrogen) atoms. The summed E-state index contributed by atoms with van der Waals surface area (Å²) < 4.78 is 16.1. The molecule has 2 aromatic carbocycles. The number of piperidine rings is 1. The second-order valence-electron chi connectivity index (χ2n) is 10.1. The van der Waals surface area contributed by atoms with Gasteiger partial charge in [0.25, 0.3) is 0 Å². The zero-order valence-electron chi connectivity index (χ0n) is 22.0. The van der Waals surface area contributed by atoms with Gasteiger partial charge in [-0.05, 0) is 62.6 Å². The normalized spacial score (nSPS) is 22.7. The lowest BCUT2D eigenvalue weighted by Gasteiger charge is -2.41. The maximum Gasteiger partial charge on any atom is 0.319 e. The number of amides is 2. The molecule has 2 bridgehead atoms. The minimum Gasteiger partial charge on any atom is -0.493 e. The Labute approximate surface area is 224 Å². The average molecular weight is 532 g/mol. The molecule has 0 saturated carbocycles. The minimum atomic E-state index is -0.697. The Kier molecular flexibility index (Phi) is 9.05. The van der Waals surface area contributed by atoms with Gasteiger partial charge in [0.05, 0.1) is 39.2 Å². The number of nitrogens with one attached hydrogen (secondary N) is 2. The number of hydrogen-bond donors (Lipinski definition) is 3. The number of methoxy groups -OCH3 is 3. The smallest absolute Gasteiger partial charge is 0.319 e. The Morgan fingerprint density at radius 3 is 2.16 bits per heavy atom. The standard InChI is InChI=1S/C28H38ClN3O5/c1-17(33)24(31-28(34)30-21-14-25(35-2)27(37-4)26(15-21)36-3)16-32-22-9-10-23(32)13-19(12-22)11-18-5-7-20(29)8-6-18/h5-8,14-15,17,19,22-24,33H,9-13,16H2,1-4H3,(H2,30,31,34). The van der Waals surface area contributed by atoms with Crippen LogP contribution >= 0.6 is 11.6 Å². The molecule has 9 heteroatoms. The first kappa shape index (κ1) is 27.4. The van der Waals surface area contributed by atoms with Crippen LogP contribution in [0.15, 0.2) is 36.4 Å². The van der Waals surface area contributed by atoms with Crippen molar-refractivity contribution in [2.24, 2.45) is 5.92 Å². The van der Waals surface area contributed by atoms with Gasteiger partial charge in [-0.15, -0.1) is 0 Å². The topological polar surface area (TPSA) is 92.3 Å². The number of aliphatic hydroxyl groups excluding tert-OH is 1. The Hall–Kier alpha value is -2.68. The molecule has 2 amide bonds. The van der Waals surface area contributed by atoms with E-state index >= 15 is 0 Å². The van der Waals surface area contributed by atoms with Crippen molar-refractivity contribution in [2.75, 3.05) is 33.2 Å². The van der Waals surface area contributed by atoms with Crippen molar-refractivity contribution in [3.63, 3.8) is 0 Å². The lowest BCUT2D eigenvalue weighted by atomic mass is 9.85. The van der Waals surface area contributed by atoms with Crippen molar-refractivity contribution in [2.45, 2.75) is 63.3 Å². The van der Waals surface area contributed by atoms with Crippen molar-refractivity contribution in [3.05, 3.63) is 47.0 Å².